The van der Waals surface area contributed by atoms with E-state index in [4.69, 9.17) is 0 Å². The summed E-state index contributed by atoms with van der Waals surface area (Å²) in [5, 5.41) is 9.77. The van der Waals surface area contributed by atoms with Gasteiger partial charge in [0.05, 0.1) is 0 Å². The van der Waals surface area contributed by atoms with Gasteiger partial charge in [-0.15, -0.1) is 0 Å². The van der Waals surface area contributed by atoms with E-state index in [1.807, 2.05) is 42.5 Å². The molecule has 0 amide bonds. The smallest absolute Gasteiger partial charge is 0.196 e. The van der Waals surface area contributed by atoms with Crippen molar-refractivity contribution in [3.8, 4) is 5.75 Å². The molecule has 1 nitrogen and oxygen atoms in total. The standard InChI is InChI=1S/C14H14OS.C7H8/c1-16(11-12-7-3-2-4-8-12)14-10-6-5-9-13(14)15;1-7-5-3-2-4-6-7/h2-10H,11H2,1H3;2-6H,1H3/p+1. The lowest BCUT2D eigenvalue weighted by Gasteiger charge is -2.04. The summed E-state index contributed by atoms with van der Waals surface area (Å²) in [6.45, 7) is 2.08. The minimum atomic E-state index is 0.0540. The largest absolute Gasteiger partial charge is 0.503 e. The van der Waals surface area contributed by atoms with Gasteiger partial charge in [-0.05, 0) is 19.1 Å². The molecule has 0 aromatic heterocycles. The van der Waals surface area contributed by atoms with Crippen molar-refractivity contribution in [2.45, 2.75) is 17.6 Å². The van der Waals surface area contributed by atoms with Crippen LogP contribution in [-0.2, 0) is 16.6 Å². The first kappa shape index (κ1) is 17.2. The number of benzene rings is 3. The van der Waals surface area contributed by atoms with E-state index in [2.05, 4.69) is 49.6 Å². The summed E-state index contributed by atoms with van der Waals surface area (Å²) in [6, 6.07) is 28.2. The topological polar surface area (TPSA) is 20.2 Å². The highest BCUT2D eigenvalue weighted by atomic mass is 32.2. The lowest BCUT2D eigenvalue weighted by atomic mass is 10.2. The Balaban J connectivity index is 0.000000229. The Hall–Kier alpha value is -2.19. The summed E-state index contributed by atoms with van der Waals surface area (Å²) in [6.07, 6.45) is 2.17. The van der Waals surface area contributed by atoms with Crippen molar-refractivity contribution in [1.82, 2.24) is 0 Å². The molecule has 23 heavy (non-hydrogen) atoms. The Labute approximate surface area is 142 Å². The van der Waals surface area contributed by atoms with Gasteiger partial charge in [0.1, 0.15) is 12.0 Å². The molecule has 2 heteroatoms. The number of hydrogen-bond donors (Lipinski definition) is 1. The van der Waals surface area contributed by atoms with E-state index in [0.717, 1.165) is 10.6 Å². The van der Waals surface area contributed by atoms with Gasteiger partial charge >= 0.3 is 0 Å². The summed E-state index contributed by atoms with van der Waals surface area (Å²) < 4.78 is 0. The van der Waals surface area contributed by atoms with Gasteiger partial charge in [0.2, 0.25) is 0 Å². The molecule has 0 aliphatic rings. The Morgan fingerprint density at radius 3 is 1.78 bits per heavy atom. The fraction of sp³-hybridized carbons (Fsp3) is 0.143. The van der Waals surface area contributed by atoms with Gasteiger partial charge in [-0.25, -0.2) is 0 Å². The highest BCUT2D eigenvalue weighted by Crippen LogP contribution is 2.25. The van der Waals surface area contributed by atoms with Gasteiger partial charge < -0.3 is 5.11 Å². The fourth-order valence-corrected chi connectivity index (χ4v) is 3.77. The third kappa shape index (κ3) is 5.84. The average molecular weight is 323 g/mol. The Bertz CT molecular complexity index is 695. The molecule has 1 N–H and O–H groups in total. The second-order valence-electron chi connectivity index (χ2n) is 5.39. The van der Waals surface area contributed by atoms with E-state index in [9.17, 15) is 5.11 Å². The molecule has 1 unspecified atom stereocenters. The zero-order valence-corrected chi connectivity index (χ0v) is 14.5. The first-order chi connectivity index (χ1) is 11.2. The molecule has 0 fully saturated rings. The van der Waals surface area contributed by atoms with Crippen molar-refractivity contribution >= 4 is 10.9 Å². The second-order valence-corrected chi connectivity index (χ2v) is 7.39. The first-order valence-corrected chi connectivity index (χ1v) is 9.43. The van der Waals surface area contributed by atoms with Crippen LogP contribution in [0, 0.1) is 6.92 Å². The second kappa shape index (κ2) is 9.06. The zero-order chi connectivity index (χ0) is 16.5. The number of hydrogen-bond acceptors (Lipinski definition) is 1. The maximum absolute atomic E-state index is 9.77. The number of rotatable bonds is 3. The minimum Gasteiger partial charge on any atom is -0.503 e. The molecule has 0 bridgehead atoms. The number of aromatic hydroxyl groups is 1. The summed E-state index contributed by atoms with van der Waals surface area (Å²) >= 11 is 0. The molecule has 0 spiro atoms. The molecule has 0 saturated carbocycles. The molecule has 0 heterocycles. The Morgan fingerprint density at radius 1 is 0.739 bits per heavy atom. The maximum atomic E-state index is 9.77. The van der Waals surface area contributed by atoms with Crippen LogP contribution in [0.25, 0.3) is 0 Å². The van der Waals surface area contributed by atoms with Crippen molar-refractivity contribution in [2.24, 2.45) is 0 Å². The first-order valence-electron chi connectivity index (χ1n) is 7.63. The molecule has 118 valence electrons. The predicted octanol–water partition coefficient (Wildman–Crippen LogP) is 5.19. The number of phenolic OH excluding ortho intramolecular Hbond substituents is 1. The molecular formula is C21H23OS+. The van der Waals surface area contributed by atoms with Crippen LogP contribution in [0.3, 0.4) is 0 Å². The lowest BCUT2D eigenvalue weighted by molar-refractivity contribution is 0.462. The van der Waals surface area contributed by atoms with E-state index in [-0.39, 0.29) is 10.9 Å². The molecule has 0 aliphatic heterocycles. The summed E-state index contributed by atoms with van der Waals surface area (Å²) in [4.78, 5) is 1.05. The van der Waals surface area contributed by atoms with Crippen LogP contribution in [0.2, 0.25) is 0 Å². The van der Waals surface area contributed by atoms with Gasteiger partial charge in [-0.3, -0.25) is 0 Å². The van der Waals surface area contributed by atoms with Crippen LogP contribution in [0.4, 0.5) is 0 Å². The SMILES string of the molecule is C[S+](Cc1ccccc1)c1ccccc1O.Cc1ccccc1. The molecule has 0 aliphatic carbocycles. The van der Waals surface area contributed by atoms with E-state index >= 15 is 0 Å². The number of aryl methyl sites for hydroxylation is 1. The van der Waals surface area contributed by atoms with Gasteiger partial charge in [0, 0.05) is 16.5 Å². The highest BCUT2D eigenvalue weighted by Gasteiger charge is 2.19. The lowest BCUT2D eigenvalue weighted by Crippen LogP contribution is -2.03. The molecule has 3 rings (SSSR count). The van der Waals surface area contributed by atoms with Crippen molar-refractivity contribution in [3.63, 3.8) is 0 Å². The van der Waals surface area contributed by atoms with Crippen LogP contribution in [0.1, 0.15) is 11.1 Å². The van der Waals surface area contributed by atoms with Crippen LogP contribution in [-0.4, -0.2) is 11.4 Å². The van der Waals surface area contributed by atoms with Gasteiger partial charge in [0.25, 0.3) is 0 Å². The van der Waals surface area contributed by atoms with E-state index < -0.39 is 0 Å². The molecule has 0 radical (unpaired) electrons. The molecule has 3 aromatic rings. The average Bonchev–Trinajstić information content (AvgIpc) is 2.57. The van der Waals surface area contributed by atoms with Gasteiger partial charge in [-0.1, -0.05) is 78.4 Å². The van der Waals surface area contributed by atoms with E-state index in [1.165, 1.54) is 11.1 Å². The van der Waals surface area contributed by atoms with Crippen LogP contribution in [0.5, 0.6) is 5.75 Å². The third-order valence-corrected chi connectivity index (χ3v) is 5.27. The zero-order valence-electron chi connectivity index (χ0n) is 13.6. The monoisotopic (exact) mass is 323 g/mol. The van der Waals surface area contributed by atoms with Crippen LogP contribution in [0.15, 0.2) is 89.8 Å². The number of phenols is 1. The molecule has 1 atom stereocenters. The number of para-hydroxylation sites is 1. The van der Waals surface area contributed by atoms with E-state index in [1.54, 1.807) is 6.07 Å². The summed E-state index contributed by atoms with van der Waals surface area (Å²) in [5.74, 6) is 1.39. The Morgan fingerprint density at radius 2 is 1.26 bits per heavy atom. The maximum Gasteiger partial charge on any atom is 0.196 e. The molecular weight excluding hydrogens is 300 g/mol. The third-order valence-electron chi connectivity index (χ3n) is 3.41. The van der Waals surface area contributed by atoms with E-state index in [0.29, 0.717) is 5.75 Å². The quantitative estimate of drug-likeness (QED) is 0.657. The minimum absolute atomic E-state index is 0.0540. The summed E-state index contributed by atoms with van der Waals surface area (Å²) in [7, 11) is 0.0540. The van der Waals surface area contributed by atoms with Crippen LogP contribution < -0.4 is 0 Å². The Kier molecular flexibility index (Phi) is 6.76. The normalized spacial score (nSPS) is 11.2. The van der Waals surface area contributed by atoms with Crippen LogP contribution >= 0.6 is 0 Å². The van der Waals surface area contributed by atoms with Crippen molar-refractivity contribution < 1.29 is 5.11 Å². The predicted molar refractivity (Wildman–Crippen MR) is 101 cm³/mol. The van der Waals surface area contributed by atoms with Crippen molar-refractivity contribution in [2.75, 3.05) is 6.26 Å². The van der Waals surface area contributed by atoms with Gasteiger partial charge in [-0.2, -0.15) is 0 Å². The van der Waals surface area contributed by atoms with Crippen molar-refractivity contribution in [1.29, 1.82) is 0 Å². The highest BCUT2D eigenvalue weighted by molar-refractivity contribution is 7.95. The molecule has 3 aromatic carbocycles. The van der Waals surface area contributed by atoms with Crippen molar-refractivity contribution in [3.05, 3.63) is 96.1 Å². The fourth-order valence-electron chi connectivity index (χ4n) is 2.19. The molecule has 0 saturated heterocycles. The van der Waals surface area contributed by atoms with Gasteiger partial charge in [0.15, 0.2) is 10.6 Å². The summed E-state index contributed by atoms with van der Waals surface area (Å²) in [5.41, 5.74) is 2.64.